The Hall–Kier alpha value is -2.80. The molecule has 25 heavy (non-hydrogen) atoms. The number of phenolic OH excluding ortho intramolecular Hbond substituents is 1. The molecule has 1 aliphatic carbocycles. The third-order valence-electron chi connectivity index (χ3n) is 4.23. The highest BCUT2D eigenvalue weighted by atomic mass is 35.5. The summed E-state index contributed by atoms with van der Waals surface area (Å²) in [5.74, 6) is -1.51. The Labute approximate surface area is 147 Å². The Bertz CT molecular complexity index is 923. The Balaban J connectivity index is 1.94. The Morgan fingerprint density at radius 1 is 1.28 bits per heavy atom. The highest BCUT2D eigenvalue weighted by Gasteiger charge is 2.26. The van der Waals surface area contributed by atoms with Crippen LogP contribution in [-0.4, -0.2) is 21.9 Å². The van der Waals surface area contributed by atoms with Gasteiger partial charge in [-0.2, -0.15) is 0 Å². The van der Waals surface area contributed by atoms with Gasteiger partial charge in [0.05, 0.1) is 11.6 Å². The molecule has 3 rings (SSSR count). The molecular weight excluding hydrogens is 346 g/mol. The van der Waals surface area contributed by atoms with Crippen LogP contribution < -0.4 is 16.6 Å². The molecule has 2 amide bonds. The summed E-state index contributed by atoms with van der Waals surface area (Å²) in [7, 11) is 0. The lowest BCUT2D eigenvalue weighted by Gasteiger charge is -2.26. The third-order valence-corrected chi connectivity index (χ3v) is 4.46. The van der Waals surface area contributed by atoms with Crippen LogP contribution in [0.4, 0.5) is 0 Å². The molecule has 0 bridgehead atoms. The van der Waals surface area contributed by atoms with Gasteiger partial charge in [-0.3, -0.25) is 14.4 Å². The number of benzene rings is 1. The molecule has 7 nitrogen and oxygen atoms in total. The van der Waals surface area contributed by atoms with Gasteiger partial charge in [0.1, 0.15) is 11.3 Å². The van der Waals surface area contributed by atoms with Gasteiger partial charge in [-0.15, -0.1) is 0 Å². The number of hydrogen-bond acceptors (Lipinski definition) is 4. The molecule has 1 aromatic carbocycles. The summed E-state index contributed by atoms with van der Waals surface area (Å²) in [5, 5.41) is 13.0. The number of carbonyl (C=O) groups excluding carboxylic acids is 2. The maximum Gasteiger partial charge on any atom is 0.261 e. The van der Waals surface area contributed by atoms with E-state index < -0.39 is 23.4 Å². The van der Waals surface area contributed by atoms with Crippen molar-refractivity contribution in [3.63, 3.8) is 0 Å². The Morgan fingerprint density at radius 2 is 2.04 bits per heavy atom. The van der Waals surface area contributed by atoms with Crippen LogP contribution in [0.25, 0.3) is 0 Å². The van der Waals surface area contributed by atoms with Crippen molar-refractivity contribution in [3.05, 3.63) is 62.0 Å². The predicted octanol–water partition coefficient (Wildman–Crippen LogP) is 1.64. The van der Waals surface area contributed by atoms with Crippen molar-refractivity contribution in [2.75, 3.05) is 0 Å². The number of pyridine rings is 1. The number of amides is 2. The number of fused-ring (bicyclic) bond motifs is 1. The average Bonchev–Trinajstić information content (AvgIpc) is 2.56. The van der Waals surface area contributed by atoms with E-state index in [9.17, 15) is 19.5 Å². The average molecular weight is 362 g/mol. The molecule has 1 heterocycles. The maximum atomic E-state index is 12.5. The number of rotatable bonds is 3. The first kappa shape index (κ1) is 17.0. The molecular formula is C17H16ClN3O4. The second-order valence-electron chi connectivity index (χ2n) is 5.89. The van der Waals surface area contributed by atoms with Crippen LogP contribution in [0, 0.1) is 0 Å². The van der Waals surface area contributed by atoms with E-state index >= 15 is 0 Å². The molecule has 0 saturated carbocycles. The fraction of sp³-hybridized carbons (Fsp3) is 0.235. The van der Waals surface area contributed by atoms with Gasteiger partial charge in [-0.1, -0.05) is 11.6 Å². The molecule has 2 aromatic rings. The monoisotopic (exact) mass is 361 g/mol. The lowest BCUT2D eigenvalue weighted by Crippen LogP contribution is -2.34. The van der Waals surface area contributed by atoms with Crippen molar-refractivity contribution >= 4 is 23.4 Å². The molecule has 130 valence electrons. The summed E-state index contributed by atoms with van der Waals surface area (Å²) >= 11 is 5.88. The molecule has 0 spiro atoms. The topological polar surface area (TPSA) is 125 Å². The number of nitrogens with one attached hydrogen (secondary N) is 2. The second kappa shape index (κ2) is 6.60. The van der Waals surface area contributed by atoms with Crippen molar-refractivity contribution in [1.29, 1.82) is 0 Å². The summed E-state index contributed by atoms with van der Waals surface area (Å²) < 4.78 is 0. The molecule has 1 unspecified atom stereocenters. The Kier molecular flexibility index (Phi) is 4.50. The SMILES string of the molecule is NC(=O)c1cc2c([nH]c1=O)CCCC2NC(=O)c1cc(Cl)ccc1O. The standard InChI is InChI=1S/C17H16ClN3O4/c18-8-4-5-14(22)10(6-8)16(24)20-12-2-1-3-13-9(12)7-11(15(19)23)17(25)21-13/h4-7,12,22H,1-3H2,(H2,19,23)(H,20,24)(H,21,25). The maximum absolute atomic E-state index is 12.5. The van der Waals surface area contributed by atoms with E-state index in [1.54, 1.807) is 0 Å². The number of halogens is 1. The summed E-state index contributed by atoms with van der Waals surface area (Å²) in [5.41, 5.74) is 5.91. The van der Waals surface area contributed by atoms with E-state index in [1.165, 1.54) is 24.3 Å². The van der Waals surface area contributed by atoms with Gasteiger partial charge in [-0.05, 0) is 49.1 Å². The smallest absolute Gasteiger partial charge is 0.261 e. The number of carbonyl (C=O) groups is 2. The minimum absolute atomic E-state index is 0.0548. The summed E-state index contributed by atoms with van der Waals surface area (Å²) in [4.78, 5) is 38.4. The summed E-state index contributed by atoms with van der Waals surface area (Å²) in [6, 6.07) is 5.21. The molecule has 1 atom stereocenters. The van der Waals surface area contributed by atoms with Crippen LogP contribution in [0.2, 0.25) is 5.02 Å². The first-order valence-corrected chi connectivity index (χ1v) is 8.10. The molecule has 1 aliphatic rings. The number of aryl methyl sites for hydroxylation is 1. The van der Waals surface area contributed by atoms with Crippen molar-refractivity contribution in [2.45, 2.75) is 25.3 Å². The van der Waals surface area contributed by atoms with Gasteiger partial charge in [0.2, 0.25) is 0 Å². The zero-order chi connectivity index (χ0) is 18.1. The number of nitrogens with two attached hydrogens (primary N) is 1. The molecule has 8 heteroatoms. The molecule has 0 radical (unpaired) electrons. The first-order valence-electron chi connectivity index (χ1n) is 7.72. The molecule has 1 aromatic heterocycles. The van der Waals surface area contributed by atoms with Gasteiger partial charge >= 0.3 is 0 Å². The zero-order valence-corrected chi connectivity index (χ0v) is 13.9. The van der Waals surface area contributed by atoms with Gasteiger partial charge in [0, 0.05) is 10.7 Å². The number of aromatic nitrogens is 1. The van der Waals surface area contributed by atoms with Gasteiger partial charge in [0.15, 0.2) is 0 Å². The molecule has 0 saturated heterocycles. The van der Waals surface area contributed by atoms with E-state index in [0.717, 1.165) is 6.42 Å². The first-order chi connectivity index (χ1) is 11.9. The van der Waals surface area contributed by atoms with Crippen LogP contribution in [0.15, 0.2) is 29.1 Å². The Morgan fingerprint density at radius 3 is 2.76 bits per heavy atom. The summed E-state index contributed by atoms with van der Waals surface area (Å²) in [6.45, 7) is 0. The number of phenols is 1. The van der Waals surface area contributed by atoms with Crippen LogP contribution in [0.3, 0.4) is 0 Å². The van der Waals surface area contributed by atoms with E-state index in [2.05, 4.69) is 10.3 Å². The fourth-order valence-corrected chi connectivity index (χ4v) is 3.17. The van der Waals surface area contributed by atoms with Crippen molar-refractivity contribution in [1.82, 2.24) is 10.3 Å². The molecule has 5 N–H and O–H groups in total. The van der Waals surface area contributed by atoms with E-state index in [0.29, 0.717) is 29.1 Å². The minimum Gasteiger partial charge on any atom is -0.507 e. The largest absolute Gasteiger partial charge is 0.507 e. The summed E-state index contributed by atoms with van der Waals surface area (Å²) in [6.07, 6.45) is 2.02. The van der Waals surface area contributed by atoms with Crippen molar-refractivity contribution in [2.24, 2.45) is 5.73 Å². The second-order valence-corrected chi connectivity index (χ2v) is 6.33. The number of aromatic amines is 1. The molecule has 0 fully saturated rings. The zero-order valence-electron chi connectivity index (χ0n) is 13.1. The lowest BCUT2D eigenvalue weighted by molar-refractivity contribution is 0.0929. The minimum atomic E-state index is -0.827. The van der Waals surface area contributed by atoms with E-state index in [-0.39, 0.29) is 16.9 Å². The third kappa shape index (κ3) is 3.36. The lowest BCUT2D eigenvalue weighted by atomic mass is 9.90. The number of hydrogen-bond donors (Lipinski definition) is 4. The normalized spacial score (nSPS) is 16.1. The quantitative estimate of drug-likeness (QED) is 0.663. The highest BCUT2D eigenvalue weighted by molar-refractivity contribution is 6.31. The number of aromatic hydroxyl groups is 1. The van der Waals surface area contributed by atoms with Gasteiger partial charge < -0.3 is 21.1 Å². The van der Waals surface area contributed by atoms with E-state index in [4.69, 9.17) is 17.3 Å². The highest BCUT2D eigenvalue weighted by Crippen LogP contribution is 2.29. The molecule has 0 aliphatic heterocycles. The fourth-order valence-electron chi connectivity index (χ4n) is 3.00. The van der Waals surface area contributed by atoms with Crippen molar-refractivity contribution in [3.8, 4) is 5.75 Å². The predicted molar refractivity (Wildman–Crippen MR) is 91.8 cm³/mol. The van der Waals surface area contributed by atoms with Crippen LogP contribution >= 0.6 is 11.6 Å². The number of primary amides is 1. The van der Waals surface area contributed by atoms with Crippen LogP contribution in [-0.2, 0) is 6.42 Å². The van der Waals surface area contributed by atoms with E-state index in [1.807, 2.05) is 0 Å². The van der Waals surface area contributed by atoms with Crippen LogP contribution in [0.5, 0.6) is 5.75 Å². The van der Waals surface area contributed by atoms with Gasteiger partial charge in [-0.25, -0.2) is 0 Å². The van der Waals surface area contributed by atoms with Crippen LogP contribution in [0.1, 0.15) is 50.9 Å². The van der Waals surface area contributed by atoms with Gasteiger partial charge in [0.25, 0.3) is 17.4 Å². The van der Waals surface area contributed by atoms with Crippen molar-refractivity contribution < 1.29 is 14.7 Å². The number of H-pyrrole nitrogens is 1.